The van der Waals surface area contributed by atoms with E-state index in [4.69, 9.17) is 0 Å². The minimum atomic E-state index is -1.82. The molecule has 0 unspecified atom stereocenters. The molecule has 43 heavy (non-hydrogen) atoms. The van der Waals surface area contributed by atoms with Crippen LogP contribution in [0.3, 0.4) is 0 Å². The first-order chi connectivity index (χ1) is 19.9. The molecule has 3 aromatic heterocycles. The Kier molecular flexibility index (Phi) is 10.7. The molecule has 0 saturated carbocycles. The second kappa shape index (κ2) is 13.7. The maximum Gasteiger partial charge on any atom is 0.0795 e. The number of thiophene rings is 1. The number of nitrogens with zero attached hydrogens (tertiary/aromatic N) is 2. The van der Waals surface area contributed by atoms with Crippen LogP contribution in [0.2, 0.25) is 36.9 Å². The molecule has 6 aromatic rings. The zero-order chi connectivity index (χ0) is 30.1. The number of aromatic nitrogens is 2. The summed E-state index contributed by atoms with van der Waals surface area (Å²) < 4.78 is 4.25. The fourth-order valence-corrected chi connectivity index (χ4v) is 9.83. The zero-order valence-corrected chi connectivity index (χ0v) is 32.7. The smallest absolute Gasteiger partial charge is 0.0795 e. The second-order valence-electron chi connectivity index (χ2n) is 13.2. The van der Waals surface area contributed by atoms with Crippen LogP contribution < -0.4 is 9.58 Å². The van der Waals surface area contributed by atoms with Crippen LogP contribution in [0.5, 0.6) is 0 Å². The van der Waals surface area contributed by atoms with Crippen molar-refractivity contribution >= 4 is 62.4 Å². The third-order valence-corrected chi connectivity index (χ3v) is 15.1. The van der Waals surface area contributed by atoms with E-state index in [1.807, 2.05) is 54.1 Å². The van der Waals surface area contributed by atoms with Gasteiger partial charge in [-0.1, -0.05) is 31.8 Å². The summed E-state index contributed by atoms with van der Waals surface area (Å²) in [6.07, 6.45) is 3.94. The van der Waals surface area contributed by atoms with Gasteiger partial charge in [-0.2, -0.15) is 0 Å². The molecule has 6 heteroatoms. The number of benzene rings is 3. The average molecular weight is 838 g/mol. The summed E-state index contributed by atoms with van der Waals surface area (Å²) in [5, 5.41) is 4.08. The molecule has 0 saturated heterocycles. The van der Waals surface area contributed by atoms with E-state index in [-0.39, 0.29) is 20.1 Å². The van der Waals surface area contributed by atoms with Crippen LogP contribution >= 0.6 is 11.3 Å². The number of rotatable bonds is 5. The minimum absolute atomic E-state index is 0. The Balaban J connectivity index is 0.000000215. The maximum absolute atomic E-state index is 4.65. The number of hydrogen-bond acceptors (Lipinski definition) is 3. The molecule has 0 atom stereocenters. The SMILES string of the molecule is CC(C)c1ccnc(-c2[c-]ccc3c2sc2c[c]([Ge]([CH3])([CH3])[CH3])ccc23)c1.C[Si](C)(C)c1ccc(-c2[c-]cccc2)nc1.[Ir]. The maximum atomic E-state index is 4.65. The van der Waals surface area contributed by atoms with Gasteiger partial charge >= 0.3 is 163 Å². The Hall–Kier alpha value is -2.41. The molecule has 0 aliphatic heterocycles. The molecule has 3 aromatic carbocycles. The van der Waals surface area contributed by atoms with Crippen LogP contribution in [0.4, 0.5) is 0 Å². The summed E-state index contributed by atoms with van der Waals surface area (Å²) >= 11 is 0.0614. The van der Waals surface area contributed by atoms with Crippen molar-refractivity contribution in [3.05, 3.63) is 109 Å². The van der Waals surface area contributed by atoms with E-state index in [9.17, 15) is 0 Å². The van der Waals surface area contributed by atoms with Crippen LogP contribution in [0.15, 0.2) is 91.3 Å². The first-order valence-corrected chi connectivity index (χ1v) is 26.3. The van der Waals surface area contributed by atoms with Crippen LogP contribution in [0.25, 0.3) is 42.7 Å². The molecule has 0 spiro atoms. The standard InChI is InChI=1S/C23H24GeNS.C14H16NSi.Ir/c1-15(2)16-11-12-25-21(13-16)20-8-6-7-19-18-10-9-17(24(3,4)5)14-22(18)26-23(19)20;1-16(2,3)13-9-10-14(15-11-13)12-7-5-4-6-8-12;/h6-7,9-15H,1-5H3;4-7,9-11H,1-3H3;/q2*-1;. The van der Waals surface area contributed by atoms with Crippen molar-refractivity contribution in [2.75, 3.05) is 0 Å². The third kappa shape index (κ3) is 7.82. The van der Waals surface area contributed by atoms with Crippen LogP contribution in [-0.4, -0.2) is 31.3 Å². The molecule has 0 amide bonds. The first-order valence-electron chi connectivity index (χ1n) is 14.7. The van der Waals surface area contributed by atoms with Crippen molar-refractivity contribution in [3.8, 4) is 22.5 Å². The van der Waals surface area contributed by atoms with Gasteiger partial charge in [-0.05, 0) is 10.9 Å². The Morgan fingerprint density at radius 3 is 2.21 bits per heavy atom. The van der Waals surface area contributed by atoms with E-state index in [0.717, 1.165) is 22.5 Å². The molecular weight excluding hydrogens is 797 g/mol. The van der Waals surface area contributed by atoms with Gasteiger partial charge in [0.25, 0.3) is 0 Å². The molecule has 2 nitrogen and oxygen atoms in total. The van der Waals surface area contributed by atoms with Crippen LogP contribution in [0, 0.1) is 12.1 Å². The molecule has 0 bridgehead atoms. The van der Waals surface area contributed by atoms with E-state index in [1.54, 1.807) is 4.40 Å². The third-order valence-electron chi connectivity index (χ3n) is 7.62. The van der Waals surface area contributed by atoms with Gasteiger partial charge in [-0.15, -0.1) is 35.9 Å². The van der Waals surface area contributed by atoms with Crippen molar-refractivity contribution in [1.82, 2.24) is 9.97 Å². The predicted octanol–water partition coefficient (Wildman–Crippen LogP) is 9.68. The molecule has 0 fully saturated rings. The summed E-state index contributed by atoms with van der Waals surface area (Å²) in [5.41, 5.74) is 5.55. The van der Waals surface area contributed by atoms with Crippen LogP contribution in [0.1, 0.15) is 25.3 Å². The van der Waals surface area contributed by atoms with Gasteiger partial charge in [-0.3, -0.25) is 0 Å². The first kappa shape index (κ1) is 33.5. The van der Waals surface area contributed by atoms with E-state index < -0.39 is 21.3 Å². The number of pyridine rings is 2. The second-order valence-corrected chi connectivity index (χ2v) is 30.0. The number of fused-ring (bicyclic) bond motifs is 3. The van der Waals surface area contributed by atoms with Gasteiger partial charge in [0, 0.05) is 26.3 Å². The van der Waals surface area contributed by atoms with Gasteiger partial charge < -0.3 is 4.98 Å². The largest absolute Gasteiger partial charge is 0.305 e. The van der Waals surface area contributed by atoms with Gasteiger partial charge in [0.1, 0.15) is 0 Å². The zero-order valence-electron chi connectivity index (χ0n) is 26.4. The Bertz CT molecular complexity index is 1820. The molecule has 3 heterocycles. The monoisotopic (exact) mass is 839 g/mol. The van der Waals surface area contributed by atoms with Crippen molar-refractivity contribution in [1.29, 1.82) is 0 Å². The van der Waals surface area contributed by atoms with Crippen LogP contribution in [-0.2, 0) is 20.1 Å². The van der Waals surface area contributed by atoms with E-state index in [1.165, 1.54) is 30.9 Å². The molecule has 0 N–H and O–H groups in total. The summed E-state index contributed by atoms with van der Waals surface area (Å²) in [5.74, 6) is 7.86. The minimum Gasteiger partial charge on any atom is -0.305 e. The van der Waals surface area contributed by atoms with Crippen molar-refractivity contribution in [3.63, 3.8) is 0 Å². The fraction of sp³-hybridized carbons (Fsp3) is 0.243. The molecule has 0 aliphatic carbocycles. The summed E-state index contributed by atoms with van der Waals surface area (Å²) in [4.78, 5) is 9.17. The number of hydrogen-bond donors (Lipinski definition) is 0. The van der Waals surface area contributed by atoms with Crippen molar-refractivity contribution in [2.45, 2.75) is 56.7 Å². The topological polar surface area (TPSA) is 25.8 Å². The van der Waals surface area contributed by atoms with E-state index >= 15 is 0 Å². The van der Waals surface area contributed by atoms with Gasteiger partial charge in [0.2, 0.25) is 0 Å². The molecule has 1 radical (unpaired) electrons. The van der Waals surface area contributed by atoms with Gasteiger partial charge in [0.15, 0.2) is 0 Å². The van der Waals surface area contributed by atoms with Crippen molar-refractivity contribution < 1.29 is 20.1 Å². The fourth-order valence-electron chi connectivity index (χ4n) is 4.89. The quantitative estimate of drug-likeness (QED) is 0.128. The average Bonchev–Trinajstić information content (AvgIpc) is 3.35. The molecule has 6 rings (SSSR count). The normalized spacial score (nSPS) is 11.7. The van der Waals surface area contributed by atoms with E-state index in [0.29, 0.717) is 5.92 Å². The summed E-state index contributed by atoms with van der Waals surface area (Å²) in [6, 6.07) is 34.6. The summed E-state index contributed by atoms with van der Waals surface area (Å²) in [7, 11) is -1.23. The Labute approximate surface area is 278 Å². The molecular formula is C37H40GeIrN2SSi-2. The summed E-state index contributed by atoms with van der Waals surface area (Å²) in [6.45, 7) is 11.4. The Morgan fingerprint density at radius 2 is 1.58 bits per heavy atom. The predicted molar refractivity (Wildman–Crippen MR) is 190 cm³/mol. The van der Waals surface area contributed by atoms with Gasteiger partial charge in [0.05, 0.1) is 8.07 Å². The van der Waals surface area contributed by atoms with Crippen molar-refractivity contribution in [2.24, 2.45) is 0 Å². The van der Waals surface area contributed by atoms with E-state index in [2.05, 4.69) is 121 Å². The Morgan fingerprint density at radius 1 is 0.791 bits per heavy atom. The molecule has 223 valence electrons. The van der Waals surface area contributed by atoms with Gasteiger partial charge in [-0.25, -0.2) is 0 Å². The molecule has 0 aliphatic rings.